The smallest absolute Gasteiger partial charge is 0.326 e. The molecule has 63 heavy (non-hydrogen) atoms. The molecule has 0 aromatic heterocycles. The van der Waals surface area contributed by atoms with E-state index in [1.807, 2.05) is 5.48 Å². The van der Waals surface area contributed by atoms with E-state index in [2.05, 4.69) is 21.3 Å². The molecule has 0 spiro atoms. The van der Waals surface area contributed by atoms with Crippen LogP contribution in [0.1, 0.15) is 123 Å². The van der Waals surface area contributed by atoms with Crippen molar-refractivity contribution in [1.82, 2.24) is 26.7 Å². The van der Waals surface area contributed by atoms with Gasteiger partial charge < -0.3 is 55.6 Å². The number of benzene rings is 1. The third-order valence-corrected chi connectivity index (χ3v) is 9.30. The molecule has 356 valence electrons. The Morgan fingerprint density at radius 1 is 0.508 bits per heavy atom. The largest absolute Gasteiger partial charge is 0.481 e. The first kappa shape index (κ1) is 56.2. The van der Waals surface area contributed by atoms with Crippen LogP contribution in [-0.4, -0.2) is 148 Å². The molecule has 1 aromatic rings. The van der Waals surface area contributed by atoms with Crippen LogP contribution in [0.3, 0.4) is 0 Å². The normalized spacial score (nSPS) is 11.4. The maximum Gasteiger partial charge on any atom is 0.326 e. The van der Waals surface area contributed by atoms with E-state index in [1.54, 1.807) is 24.3 Å². The van der Waals surface area contributed by atoms with Gasteiger partial charge in [-0.3, -0.25) is 28.8 Å². The van der Waals surface area contributed by atoms with E-state index in [0.29, 0.717) is 122 Å². The zero-order valence-corrected chi connectivity index (χ0v) is 36.4. The van der Waals surface area contributed by atoms with Crippen LogP contribution in [0.15, 0.2) is 24.3 Å². The van der Waals surface area contributed by atoms with Crippen LogP contribution in [0.2, 0.25) is 0 Å². The molecule has 20 heteroatoms. The van der Waals surface area contributed by atoms with E-state index in [-0.39, 0.29) is 67.9 Å². The molecule has 0 aliphatic carbocycles. The Bertz CT molecular complexity index is 1500. The Morgan fingerprint density at radius 2 is 1.05 bits per heavy atom. The third kappa shape index (κ3) is 32.5. The molecule has 0 heterocycles. The van der Waals surface area contributed by atoms with Gasteiger partial charge in [0.1, 0.15) is 17.6 Å². The highest BCUT2D eigenvalue weighted by Gasteiger charge is 2.21. The molecule has 20 nitrogen and oxygen atoms in total. The number of rotatable bonds is 42. The number of ether oxygens (including phenoxy) is 4. The van der Waals surface area contributed by atoms with Crippen molar-refractivity contribution in [3.05, 3.63) is 35.4 Å². The first-order chi connectivity index (χ1) is 30.4. The van der Waals surface area contributed by atoms with Crippen LogP contribution in [0, 0.1) is 0 Å². The number of amides is 4. The number of ketones is 3. The van der Waals surface area contributed by atoms with Gasteiger partial charge in [-0.05, 0) is 50.7 Å². The third-order valence-electron chi connectivity index (χ3n) is 9.30. The lowest BCUT2D eigenvalue weighted by Gasteiger charge is -2.14. The lowest BCUT2D eigenvalue weighted by Crippen LogP contribution is -2.46. The molecule has 0 radical (unpaired) electrons. The molecule has 0 bridgehead atoms. The molecule has 0 saturated heterocycles. The predicted octanol–water partition coefficient (Wildman–Crippen LogP) is 2.98. The molecule has 8 N–H and O–H groups in total. The fourth-order valence-electron chi connectivity index (χ4n) is 5.82. The number of carbonyl (C=O) groups is 8. The van der Waals surface area contributed by atoms with Crippen molar-refractivity contribution >= 4 is 47.1 Å². The van der Waals surface area contributed by atoms with Crippen molar-refractivity contribution in [1.29, 1.82) is 0 Å². The van der Waals surface area contributed by atoms with Gasteiger partial charge in [0.05, 0.1) is 46.2 Å². The Kier molecular flexibility index (Phi) is 33.6. The Morgan fingerprint density at radius 3 is 1.65 bits per heavy atom. The molecule has 0 aliphatic rings. The number of carbonyl (C=O) groups excluding carboxylic acids is 6. The lowest BCUT2D eigenvalue weighted by molar-refractivity contribution is -0.139. The predicted molar refractivity (Wildman–Crippen MR) is 229 cm³/mol. The van der Waals surface area contributed by atoms with Crippen molar-refractivity contribution in [3.63, 3.8) is 0 Å². The number of carboxylic acid groups (broad SMARTS) is 2. The monoisotopic (exact) mass is 895 g/mol. The molecule has 0 fully saturated rings. The molecular formula is C43H69N5O15. The summed E-state index contributed by atoms with van der Waals surface area (Å²) in [5, 5.41) is 36.7. The minimum atomic E-state index is -1.25. The first-order valence-electron chi connectivity index (χ1n) is 21.8. The number of carboxylic acids is 2. The number of urea groups is 1. The van der Waals surface area contributed by atoms with Crippen molar-refractivity contribution in [2.45, 2.75) is 109 Å². The van der Waals surface area contributed by atoms with Gasteiger partial charge in [-0.15, -0.1) is 0 Å². The summed E-state index contributed by atoms with van der Waals surface area (Å²) in [4.78, 5) is 94.4. The van der Waals surface area contributed by atoms with E-state index in [4.69, 9.17) is 29.3 Å². The SMILES string of the molecule is O=C(O)CCCNC(=O)N[C@@H](CCC(=O)CCCCCCCCC(=O)NCCOCCOCCCC(=O)c1ccc(C(=O)NCCOCCOCCCC(=O)CNO)cc1)C(=O)O. The molecule has 1 aromatic carbocycles. The van der Waals surface area contributed by atoms with E-state index in [0.717, 1.165) is 32.1 Å². The number of hydrogen-bond donors (Lipinski definition) is 8. The summed E-state index contributed by atoms with van der Waals surface area (Å²) in [6, 6.07) is 4.51. The second kappa shape index (κ2) is 37.7. The number of hydroxylamine groups is 1. The topological polar surface area (TPSA) is 294 Å². The standard InChI is InChI=1S/C43H69N5O15/c49-35(19-20-37(42(56)57)48-43(58)46-21-7-14-40(53)54)10-5-3-1-2-4-6-13-39(52)44-22-26-62-30-29-61-25-9-12-38(51)33-15-17-34(18-16-33)41(55)45-23-27-63-31-28-60-24-8-11-36(50)32-47-59/h15-18,37,47,59H,1-14,19-32H2,(H,44,52)(H,45,55)(H,53,54)(H,56,57)(H2,46,48,58)/t37-/m0/s1. The van der Waals surface area contributed by atoms with Gasteiger partial charge in [0.15, 0.2) is 5.78 Å². The second-order valence-electron chi connectivity index (χ2n) is 14.6. The highest BCUT2D eigenvalue weighted by Crippen LogP contribution is 2.12. The minimum Gasteiger partial charge on any atom is -0.481 e. The number of hydrogen-bond acceptors (Lipinski definition) is 14. The van der Waals surface area contributed by atoms with Crippen LogP contribution in [0.4, 0.5) is 4.79 Å². The van der Waals surface area contributed by atoms with E-state index in [9.17, 15) is 43.5 Å². The quantitative estimate of drug-likeness (QED) is 0.0266. The maximum absolute atomic E-state index is 12.6. The van der Waals surface area contributed by atoms with Gasteiger partial charge in [0.25, 0.3) is 5.91 Å². The summed E-state index contributed by atoms with van der Waals surface area (Å²) < 4.78 is 21.9. The first-order valence-corrected chi connectivity index (χ1v) is 21.8. The Balaban J connectivity index is 1.97. The maximum atomic E-state index is 12.6. The number of aliphatic carboxylic acids is 2. The second-order valence-corrected chi connectivity index (χ2v) is 14.6. The minimum absolute atomic E-state index is 0.0257. The fourth-order valence-corrected chi connectivity index (χ4v) is 5.82. The molecule has 1 atom stereocenters. The fraction of sp³-hybridized carbons (Fsp3) is 0.674. The Hall–Kier alpha value is -4.86. The summed E-state index contributed by atoms with van der Waals surface area (Å²) in [5.74, 6) is -2.80. The molecule has 4 amide bonds. The average molecular weight is 896 g/mol. The van der Waals surface area contributed by atoms with Gasteiger partial charge in [0, 0.05) is 82.5 Å². The molecule has 1 rings (SSSR count). The zero-order chi connectivity index (χ0) is 46.3. The van der Waals surface area contributed by atoms with Crippen LogP contribution >= 0.6 is 0 Å². The highest BCUT2D eigenvalue weighted by atomic mass is 16.5. The van der Waals surface area contributed by atoms with Gasteiger partial charge in [-0.25, -0.2) is 9.59 Å². The van der Waals surface area contributed by atoms with E-state index >= 15 is 0 Å². The van der Waals surface area contributed by atoms with Gasteiger partial charge >= 0.3 is 18.0 Å². The van der Waals surface area contributed by atoms with Crippen LogP contribution in [0.25, 0.3) is 0 Å². The summed E-state index contributed by atoms with van der Waals surface area (Å²) >= 11 is 0. The van der Waals surface area contributed by atoms with Crippen LogP contribution in [0.5, 0.6) is 0 Å². The summed E-state index contributed by atoms with van der Waals surface area (Å²) in [7, 11) is 0. The van der Waals surface area contributed by atoms with Gasteiger partial charge in [-0.1, -0.05) is 37.8 Å². The van der Waals surface area contributed by atoms with Gasteiger partial charge in [-0.2, -0.15) is 5.48 Å². The van der Waals surface area contributed by atoms with E-state index < -0.39 is 24.0 Å². The van der Waals surface area contributed by atoms with Crippen LogP contribution < -0.4 is 26.7 Å². The average Bonchev–Trinajstić information content (AvgIpc) is 3.25. The summed E-state index contributed by atoms with van der Waals surface area (Å²) in [6.07, 6.45) is 7.53. The van der Waals surface area contributed by atoms with Gasteiger partial charge in [0.2, 0.25) is 5.91 Å². The molecule has 0 unspecified atom stereocenters. The number of unbranched alkanes of at least 4 members (excludes halogenated alkanes) is 5. The van der Waals surface area contributed by atoms with Crippen molar-refractivity contribution in [3.8, 4) is 0 Å². The molecule has 0 saturated carbocycles. The number of nitrogens with one attached hydrogen (secondary N) is 5. The lowest BCUT2D eigenvalue weighted by atomic mass is 10.0. The van der Waals surface area contributed by atoms with Crippen molar-refractivity contribution < 1.29 is 72.7 Å². The van der Waals surface area contributed by atoms with Crippen molar-refractivity contribution in [2.24, 2.45) is 0 Å². The molecular weight excluding hydrogens is 826 g/mol. The highest BCUT2D eigenvalue weighted by molar-refractivity contribution is 5.98. The number of Topliss-reactive ketones (excluding diaryl/α,β-unsaturated/α-hetero) is 3. The zero-order valence-electron chi connectivity index (χ0n) is 36.4. The summed E-state index contributed by atoms with van der Waals surface area (Å²) in [6.45, 7) is 3.58. The Labute approximate surface area is 369 Å². The van der Waals surface area contributed by atoms with Crippen LogP contribution in [-0.2, 0) is 42.9 Å². The van der Waals surface area contributed by atoms with Crippen molar-refractivity contribution in [2.75, 3.05) is 79.0 Å². The summed E-state index contributed by atoms with van der Waals surface area (Å²) in [5.41, 5.74) is 2.76. The van der Waals surface area contributed by atoms with E-state index in [1.165, 1.54) is 0 Å². The molecule has 0 aliphatic heterocycles.